The molecule has 0 unspecified atom stereocenters. The standard InChI is InChI=1S/C24H30N6/c1-16-8-9-18(3)20(14-16)28-23-22(25)24(27-15-26-23)30-12-10-29(11-13-30)21-7-5-6-17(2)19(21)4/h5-9,14-15H,10-13,25H2,1-4H3,(H,26,27,28). The van der Waals surface area contributed by atoms with Crippen LogP contribution in [0.1, 0.15) is 22.3 Å². The molecule has 1 fully saturated rings. The van der Waals surface area contributed by atoms with E-state index in [1.807, 2.05) is 0 Å². The lowest BCUT2D eigenvalue weighted by Gasteiger charge is -2.38. The van der Waals surface area contributed by atoms with Crippen molar-refractivity contribution < 1.29 is 0 Å². The maximum absolute atomic E-state index is 6.50. The molecule has 0 spiro atoms. The zero-order valence-corrected chi connectivity index (χ0v) is 18.2. The smallest absolute Gasteiger partial charge is 0.159 e. The van der Waals surface area contributed by atoms with Crippen LogP contribution in [-0.2, 0) is 0 Å². The van der Waals surface area contributed by atoms with Crippen molar-refractivity contribution in [2.45, 2.75) is 27.7 Å². The molecule has 2 heterocycles. The number of nitrogens with two attached hydrogens (primary N) is 1. The summed E-state index contributed by atoms with van der Waals surface area (Å²) < 4.78 is 0. The lowest BCUT2D eigenvalue weighted by molar-refractivity contribution is 0.646. The van der Waals surface area contributed by atoms with Crippen LogP contribution in [-0.4, -0.2) is 36.1 Å². The predicted molar refractivity (Wildman–Crippen MR) is 126 cm³/mol. The minimum atomic E-state index is 0.596. The number of nitrogens with one attached hydrogen (secondary N) is 1. The fourth-order valence-corrected chi connectivity index (χ4v) is 3.97. The molecular weight excluding hydrogens is 372 g/mol. The van der Waals surface area contributed by atoms with Crippen LogP contribution in [0.2, 0.25) is 0 Å². The Morgan fingerprint density at radius 2 is 1.60 bits per heavy atom. The summed E-state index contributed by atoms with van der Waals surface area (Å²) in [6, 6.07) is 12.8. The van der Waals surface area contributed by atoms with Crippen molar-refractivity contribution in [3.8, 4) is 0 Å². The summed E-state index contributed by atoms with van der Waals surface area (Å²) in [7, 11) is 0. The van der Waals surface area contributed by atoms with Gasteiger partial charge in [0, 0.05) is 37.6 Å². The Kier molecular flexibility index (Phi) is 5.48. The van der Waals surface area contributed by atoms with Crippen molar-refractivity contribution in [2.24, 2.45) is 0 Å². The van der Waals surface area contributed by atoms with Crippen molar-refractivity contribution in [3.05, 3.63) is 65.0 Å². The van der Waals surface area contributed by atoms with Gasteiger partial charge in [-0.25, -0.2) is 9.97 Å². The molecule has 1 aliphatic heterocycles. The van der Waals surface area contributed by atoms with Gasteiger partial charge in [0.2, 0.25) is 0 Å². The van der Waals surface area contributed by atoms with E-state index in [1.54, 1.807) is 6.33 Å². The van der Waals surface area contributed by atoms with E-state index in [4.69, 9.17) is 5.73 Å². The molecule has 0 radical (unpaired) electrons. The van der Waals surface area contributed by atoms with E-state index in [9.17, 15) is 0 Å². The third kappa shape index (κ3) is 3.90. The molecule has 30 heavy (non-hydrogen) atoms. The van der Waals surface area contributed by atoms with Gasteiger partial charge < -0.3 is 20.9 Å². The molecule has 6 nitrogen and oxygen atoms in total. The van der Waals surface area contributed by atoms with Gasteiger partial charge in [-0.1, -0.05) is 24.3 Å². The Morgan fingerprint density at radius 3 is 2.37 bits per heavy atom. The molecule has 6 heteroatoms. The summed E-state index contributed by atoms with van der Waals surface area (Å²) in [5, 5.41) is 3.40. The molecule has 4 rings (SSSR count). The number of benzene rings is 2. The molecule has 1 saturated heterocycles. The average Bonchev–Trinajstić information content (AvgIpc) is 2.74. The Bertz CT molecular complexity index is 1050. The quantitative estimate of drug-likeness (QED) is 0.676. The summed E-state index contributed by atoms with van der Waals surface area (Å²) in [5.41, 5.74) is 14.5. The molecule has 0 amide bonds. The number of aryl methyl sites for hydroxylation is 3. The Balaban J connectivity index is 1.51. The molecule has 0 aliphatic carbocycles. The van der Waals surface area contributed by atoms with Crippen LogP contribution in [0.4, 0.5) is 28.7 Å². The fraction of sp³-hybridized carbons (Fsp3) is 0.333. The minimum Gasteiger partial charge on any atom is -0.393 e. The van der Waals surface area contributed by atoms with E-state index in [0.717, 1.165) is 43.2 Å². The van der Waals surface area contributed by atoms with E-state index in [0.29, 0.717) is 11.5 Å². The van der Waals surface area contributed by atoms with Crippen LogP contribution >= 0.6 is 0 Å². The zero-order valence-electron chi connectivity index (χ0n) is 18.2. The molecule has 2 aromatic carbocycles. The van der Waals surface area contributed by atoms with Gasteiger partial charge in [-0.15, -0.1) is 0 Å². The molecule has 1 aliphatic rings. The highest BCUT2D eigenvalue weighted by molar-refractivity contribution is 5.79. The largest absolute Gasteiger partial charge is 0.393 e. The Labute approximate surface area is 178 Å². The predicted octanol–water partition coefficient (Wildman–Crippen LogP) is 4.36. The first-order valence-electron chi connectivity index (χ1n) is 10.4. The van der Waals surface area contributed by atoms with Crippen molar-refractivity contribution >= 4 is 28.7 Å². The van der Waals surface area contributed by atoms with Gasteiger partial charge in [0.1, 0.15) is 12.0 Å². The average molecular weight is 403 g/mol. The second-order valence-electron chi connectivity index (χ2n) is 8.10. The summed E-state index contributed by atoms with van der Waals surface area (Å²) in [6.45, 7) is 12.1. The number of rotatable bonds is 4. The first-order valence-corrected chi connectivity index (χ1v) is 10.4. The minimum absolute atomic E-state index is 0.596. The van der Waals surface area contributed by atoms with Crippen LogP contribution in [0.3, 0.4) is 0 Å². The Hall–Kier alpha value is -3.28. The summed E-state index contributed by atoms with van der Waals surface area (Å²) in [5.74, 6) is 1.46. The maximum Gasteiger partial charge on any atom is 0.159 e. The lowest BCUT2D eigenvalue weighted by Crippen LogP contribution is -2.47. The topological polar surface area (TPSA) is 70.3 Å². The van der Waals surface area contributed by atoms with Crippen LogP contribution in [0.25, 0.3) is 0 Å². The third-order valence-corrected chi connectivity index (χ3v) is 6.00. The van der Waals surface area contributed by atoms with Gasteiger partial charge in [0.05, 0.1) is 0 Å². The highest BCUT2D eigenvalue weighted by Crippen LogP contribution is 2.31. The van der Waals surface area contributed by atoms with E-state index in [-0.39, 0.29) is 0 Å². The fourth-order valence-electron chi connectivity index (χ4n) is 3.97. The normalized spacial score (nSPS) is 14.1. The molecular formula is C24H30N6. The van der Waals surface area contributed by atoms with E-state index >= 15 is 0 Å². The molecule has 0 saturated carbocycles. The number of hydrogen-bond donors (Lipinski definition) is 2. The first kappa shape index (κ1) is 20.0. The second-order valence-corrected chi connectivity index (χ2v) is 8.10. The van der Waals surface area contributed by atoms with Gasteiger partial charge in [-0.3, -0.25) is 0 Å². The lowest BCUT2D eigenvalue weighted by atomic mass is 10.1. The van der Waals surface area contributed by atoms with Crippen LogP contribution < -0.4 is 20.9 Å². The van der Waals surface area contributed by atoms with Gasteiger partial charge in [0.25, 0.3) is 0 Å². The van der Waals surface area contributed by atoms with Gasteiger partial charge in [0.15, 0.2) is 11.6 Å². The summed E-state index contributed by atoms with van der Waals surface area (Å²) in [4.78, 5) is 13.6. The maximum atomic E-state index is 6.50. The van der Waals surface area contributed by atoms with E-state index < -0.39 is 0 Å². The van der Waals surface area contributed by atoms with E-state index in [2.05, 4.69) is 89.2 Å². The zero-order chi connectivity index (χ0) is 21.3. The molecule has 3 N–H and O–H groups in total. The SMILES string of the molecule is Cc1ccc(C)c(Nc2ncnc(N3CCN(c4cccc(C)c4C)CC3)c2N)c1. The molecule has 1 aromatic heterocycles. The third-order valence-electron chi connectivity index (χ3n) is 6.00. The second kappa shape index (κ2) is 8.22. The monoisotopic (exact) mass is 402 g/mol. The van der Waals surface area contributed by atoms with Gasteiger partial charge in [-0.05, 0) is 62.1 Å². The van der Waals surface area contributed by atoms with Crippen LogP contribution in [0, 0.1) is 27.7 Å². The first-order chi connectivity index (χ1) is 14.4. The number of anilines is 5. The van der Waals surface area contributed by atoms with Crippen molar-refractivity contribution in [1.82, 2.24) is 9.97 Å². The summed E-state index contributed by atoms with van der Waals surface area (Å²) >= 11 is 0. The number of aromatic nitrogens is 2. The van der Waals surface area contributed by atoms with Crippen molar-refractivity contribution in [1.29, 1.82) is 0 Å². The van der Waals surface area contributed by atoms with Crippen molar-refractivity contribution in [3.63, 3.8) is 0 Å². The van der Waals surface area contributed by atoms with Crippen molar-refractivity contribution in [2.75, 3.05) is 47.0 Å². The number of nitrogens with zero attached hydrogens (tertiary/aromatic N) is 4. The van der Waals surface area contributed by atoms with Crippen LogP contribution in [0.5, 0.6) is 0 Å². The van der Waals surface area contributed by atoms with Crippen LogP contribution in [0.15, 0.2) is 42.7 Å². The van der Waals surface area contributed by atoms with Gasteiger partial charge >= 0.3 is 0 Å². The molecule has 156 valence electrons. The number of nitrogen functional groups attached to an aromatic ring is 1. The summed E-state index contributed by atoms with van der Waals surface area (Å²) in [6.07, 6.45) is 1.59. The molecule has 0 bridgehead atoms. The van der Waals surface area contributed by atoms with E-state index in [1.165, 1.54) is 22.4 Å². The molecule has 3 aromatic rings. The van der Waals surface area contributed by atoms with Gasteiger partial charge in [-0.2, -0.15) is 0 Å². The highest BCUT2D eigenvalue weighted by Gasteiger charge is 2.22. The number of hydrogen-bond acceptors (Lipinski definition) is 6. The highest BCUT2D eigenvalue weighted by atomic mass is 15.3. The number of piperazine rings is 1. The Morgan fingerprint density at radius 1 is 0.867 bits per heavy atom. The molecule has 0 atom stereocenters.